The number of hydrogen-bond donors (Lipinski definition) is 0. The first-order chi connectivity index (χ1) is 33.7. The zero-order valence-electron chi connectivity index (χ0n) is 45.7. The summed E-state index contributed by atoms with van der Waals surface area (Å²) in [6, 6.07) is 16.8. The molecule has 0 aliphatic heterocycles. The number of unbranched alkanes of at least 4 members (excludes halogenated alkanes) is 41. The maximum atomic E-state index is 4.98. The van der Waals surface area contributed by atoms with Crippen LogP contribution in [-0.4, -0.2) is 11.9 Å². The van der Waals surface area contributed by atoms with Gasteiger partial charge >= 0.3 is 0 Å². The van der Waals surface area contributed by atoms with Crippen LogP contribution in [0.15, 0.2) is 58.5 Å². The van der Waals surface area contributed by atoms with E-state index in [9.17, 15) is 0 Å². The third-order valence-electron chi connectivity index (χ3n) is 13.9. The molecular formula is C66H108N2Pd. The molecule has 3 heteroatoms. The molecule has 0 fully saturated rings. The molecule has 0 saturated heterocycles. The van der Waals surface area contributed by atoms with Crippen LogP contribution < -0.4 is 0 Å². The smallest absolute Gasteiger partial charge is 0.0634 e. The van der Waals surface area contributed by atoms with Crippen molar-refractivity contribution in [1.82, 2.24) is 0 Å². The molecule has 2 aromatic carbocycles. The Morgan fingerprint density at radius 1 is 0.333 bits per heavy atom. The van der Waals surface area contributed by atoms with Gasteiger partial charge in [0.25, 0.3) is 0 Å². The number of nitrogens with zero attached hydrogens (tertiary/aromatic N) is 2. The average Bonchev–Trinajstić information content (AvgIpc) is 3.36. The molecule has 2 nitrogen and oxygen atoms in total. The summed E-state index contributed by atoms with van der Waals surface area (Å²) in [5.41, 5.74) is 5.07. The van der Waals surface area contributed by atoms with Crippen LogP contribution in [0.2, 0.25) is 0 Å². The van der Waals surface area contributed by atoms with E-state index < -0.39 is 0 Å². The normalized spacial score (nSPS) is 11.4. The van der Waals surface area contributed by atoms with Gasteiger partial charge < -0.3 is 0 Å². The Balaban J connectivity index is 0.0000238. The topological polar surface area (TPSA) is 24.7 Å². The minimum absolute atomic E-state index is 0. The zero-order valence-corrected chi connectivity index (χ0v) is 47.3. The van der Waals surface area contributed by atoms with Crippen molar-refractivity contribution in [2.75, 3.05) is 0 Å². The van der Waals surface area contributed by atoms with E-state index in [1.807, 2.05) is 6.21 Å². The van der Waals surface area contributed by atoms with E-state index in [1.54, 1.807) is 0 Å². The van der Waals surface area contributed by atoms with Gasteiger partial charge in [-0.25, -0.2) is 0 Å². The molecule has 0 saturated carbocycles. The first-order valence-corrected chi connectivity index (χ1v) is 30.0. The maximum Gasteiger partial charge on any atom is 0.0634 e. The van der Waals surface area contributed by atoms with E-state index in [1.165, 1.54) is 257 Å². The van der Waals surface area contributed by atoms with Crippen molar-refractivity contribution in [3.63, 3.8) is 0 Å². The van der Waals surface area contributed by atoms with Gasteiger partial charge in [0.05, 0.1) is 17.1 Å². The van der Waals surface area contributed by atoms with Crippen LogP contribution in [0.5, 0.6) is 0 Å². The molecule has 0 aliphatic carbocycles. The molecule has 0 heterocycles. The third kappa shape index (κ3) is 42.9. The summed E-state index contributed by atoms with van der Waals surface area (Å²) in [4.78, 5) is 9.77. The van der Waals surface area contributed by atoms with Gasteiger partial charge in [-0.3, -0.25) is 9.98 Å². The molecule has 0 spiro atoms. The van der Waals surface area contributed by atoms with Crippen LogP contribution >= 0.6 is 0 Å². The summed E-state index contributed by atoms with van der Waals surface area (Å²) in [7, 11) is 0. The fourth-order valence-electron chi connectivity index (χ4n) is 9.34. The number of aliphatic imine (C=N–C) groups is 2. The summed E-state index contributed by atoms with van der Waals surface area (Å²) in [5, 5.41) is 0. The Bertz CT molecular complexity index is 1560. The van der Waals surface area contributed by atoms with E-state index in [0.29, 0.717) is 0 Å². The van der Waals surface area contributed by atoms with Gasteiger partial charge in [-0.1, -0.05) is 295 Å². The molecule has 0 radical (unpaired) electrons. The van der Waals surface area contributed by atoms with Crippen molar-refractivity contribution in [1.29, 1.82) is 0 Å². The molecule has 0 aliphatic rings. The van der Waals surface area contributed by atoms with Crippen LogP contribution in [0.4, 0.5) is 11.4 Å². The Hall–Kier alpha value is -2.44. The first kappa shape index (κ1) is 64.6. The van der Waals surface area contributed by atoms with Gasteiger partial charge in [-0.05, 0) is 74.2 Å². The van der Waals surface area contributed by atoms with Crippen molar-refractivity contribution < 1.29 is 20.4 Å². The maximum absolute atomic E-state index is 4.98. The zero-order chi connectivity index (χ0) is 48.3. The molecule has 0 atom stereocenters. The summed E-state index contributed by atoms with van der Waals surface area (Å²) >= 11 is 0. The van der Waals surface area contributed by atoms with Crippen LogP contribution in [0.25, 0.3) is 0 Å². The first-order valence-electron chi connectivity index (χ1n) is 30.0. The largest absolute Gasteiger partial charge is 0.255 e. The van der Waals surface area contributed by atoms with Gasteiger partial charge in [0.2, 0.25) is 0 Å². The predicted octanol–water partition coefficient (Wildman–Crippen LogP) is 22.5. The minimum Gasteiger partial charge on any atom is -0.255 e. The van der Waals surface area contributed by atoms with E-state index >= 15 is 0 Å². The number of rotatable bonds is 46. The van der Waals surface area contributed by atoms with Gasteiger partial charge in [0.15, 0.2) is 0 Å². The van der Waals surface area contributed by atoms with Gasteiger partial charge in [0.1, 0.15) is 0 Å². The number of hydrogen-bond acceptors (Lipinski definition) is 2. The third-order valence-corrected chi connectivity index (χ3v) is 13.9. The van der Waals surface area contributed by atoms with Gasteiger partial charge in [-0.2, -0.15) is 0 Å². The Labute approximate surface area is 444 Å². The minimum atomic E-state index is 0. The molecule has 0 amide bonds. The standard InChI is InChI=1S/C66H108N2.Pd/c1-4-7-10-12-14-16-18-20-22-24-26-28-30-32-34-36-38-40-42-44-46-48-50-62-53-57-64(58-54-62)67-61-66(52-9-6-3)68-65-59-55-63(56-60-65)51-49-47-45-43-41-39-37-35-33-31-29-27-25-23-21-19-17-15-13-11-8-5-2;/h53-61H,4-47,52H2,1-3H3;. The fourth-order valence-corrected chi connectivity index (χ4v) is 9.34. The van der Waals surface area contributed by atoms with Crippen molar-refractivity contribution in [2.24, 2.45) is 9.98 Å². The van der Waals surface area contributed by atoms with E-state index in [0.717, 1.165) is 60.3 Å². The Morgan fingerprint density at radius 3 is 0.884 bits per heavy atom. The van der Waals surface area contributed by atoms with Crippen LogP contribution in [0, 0.1) is 23.7 Å². The van der Waals surface area contributed by atoms with E-state index in [-0.39, 0.29) is 20.4 Å². The van der Waals surface area contributed by atoms with Crippen molar-refractivity contribution >= 4 is 23.3 Å². The van der Waals surface area contributed by atoms with Crippen LogP contribution in [0.1, 0.15) is 321 Å². The predicted molar refractivity (Wildman–Crippen MR) is 307 cm³/mol. The van der Waals surface area contributed by atoms with Gasteiger partial charge in [0, 0.05) is 50.6 Å². The summed E-state index contributed by atoms with van der Waals surface area (Å²) in [5.74, 6) is 13.6. The van der Waals surface area contributed by atoms with Crippen LogP contribution in [0.3, 0.4) is 0 Å². The average molecular weight is 1040 g/mol. The quantitative estimate of drug-likeness (QED) is 0.0273. The molecule has 392 valence electrons. The van der Waals surface area contributed by atoms with Crippen molar-refractivity contribution in [3.05, 3.63) is 59.7 Å². The SMILES string of the molecule is CCCCCCCCCCCCCCCCCCCCCCC#Cc1ccc(N=CC(CCCC)=Nc2ccc(C#CCCCCCCCCCCCCCCCCCCCCCC)cc2)cc1.[Pd]. The molecule has 0 aromatic heterocycles. The summed E-state index contributed by atoms with van der Waals surface area (Å²) < 4.78 is 0. The van der Waals surface area contributed by atoms with Crippen molar-refractivity contribution in [2.45, 2.75) is 310 Å². The Morgan fingerprint density at radius 2 is 0.594 bits per heavy atom. The molecule has 69 heavy (non-hydrogen) atoms. The van der Waals surface area contributed by atoms with Gasteiger partial charge in [-0.15, -0.1) is 0 Å². The molecule has 0 unspecified atom stereocenters. The van der Waals surface area contributed by atoms with Crippen molar-refractivity contribution in [3.8, 4) is 23.7 Å². The second-order valence-corrected chi connectivity index (χ2v) is 20.6. The van der Waals surface area contributed by atoms with E-state index in [4.69, 9.17) is 9.98 Å². The van der Waals surface area contributed by atoms with E-state index in [2.05, 4.69) is 93.0 Å². The second kappa shape index (κ2) is 51.9. The van der Waals surface area contributed by atoms with Crippen LogP contribution in [-0.2, 0) is 20.4 Å². The molecule has 2 rings (SSSR count). The second-order valence-electron chi connectivity index (χ2n) is 20.6. The molecule has 0 bridgehead atoms. The Kier molecular flexibility index (Phi) is 48.6. The molecule has 2 aromatic rings. The number of benzene rings is 2. The summed E-state index contributed by atoms with van der Waals surface area (Å²) in [6.45, 7) is 6.84. The monoisotopic (exact) mass is 1030 g/mol. The summed E-state index contributed by atoms with van der Waals surface area (Å²) in [6.07, 6.45) is 63.8. The fraction of sp³-hybridized carbons (Fsp3) is 0.727. The molecule has 0 N–H and O–H groups in total. The molecular weight excluding hydrogens is 927 g/mol.